The third-order valence-electron chi connectivity index (χ3n) is 5.46. The Labute approximate surface area is 167 Å². The first-order valence-corrected chi connectivity index (χ1v) is 9.67. The minimum Gasteiger partial charge on any atom is -0.485 e. The molecule has 3 aromatic rings. The third-order valence-corrected chi connectivity index (χ3v) is 5.46. The van der Waals surface area contributed by atoms with Crippen LogP contribution in [-0.2, 0) is 6.61 Å². The van der Waals surface area contributed by atoms with E-state index < -0.39 is 11.6 Å². The maximum atomic E-state index is 13.9. The van der Waals surface area contributed by atoms with Crippen molar-refractivity contribution in [3.8, 4) is 5.75 Å². The summed E-state index contributed by atoms with van der Waals surface area (Å²) >= 11 is 0. The van der Waals surface area contributed by atoms with E-state index in [0.29, 0.717) is 28.7 Å². The van der Waals surface area contributed by atoms with Crippen LogP contribution in [0.1, 0.15) is 41.0 Å². The van der Waals surface area contributed by atoms with Crippen LogP contribution in [0.15, 0.2) is 36.5 Å². The number of halogens is 2. The molecule has 2 heterocycles. The van der Waals surface area contributed by atoms with Crippen LogP contribution >= 0.6 is 0 Å². The summed E-state index contributed by atoms with van der Waals surface area (Å²) in [4.78, 5) is 17.4. The van der Waals surface area contributed by atoms with E-state index in [1.54, 1.807) is 29.7 Å². The molecule has 29 heavy (non-hydrogen) atoms. The van der Waals surface area contributed by atoms with Crippen LogP contribution in [0, 0.1) is 30.4 Å². The molecule has 0 bridgehead atoms. The number of aliphatic hydroxyl groups is 1. The number of aliphatic hydroxyl groups excluding tert-OH is 1. The van der Waals surface area contributed by atoms with Gasteiger partial charge >= 0.3 is 0 Å². The molecule has 0 spiro atoms. The molecule has 2 aromatic heterocycles. The molecular weight excluding hydrogens is 378 g/mol. The van der Waals surface area contributed by atoms with Gasteiger partial charge in [0.2, 0.25) is 0 Å². The van der Waals surface area contributed by atoms with Crippen molar-refractivity contribution in [1.29, 1.82) is 0 Å². The van der Waals surface area contributed by atoms with Gasteiger partial charge in [0.1, 0.15) is 23.9 Å². The van der Waals surface area contributed by atoms with Crippen LogP contribution in [-0.4, -0.2) is 26.9 Å². The molecule has 4 rings (SSSR count). The number of carbonyl (C=O) groups excluding carboxylic acids is 1. The second kappa shape index (κ2) is 7.91. The highest BCUT2D eigenvalue weighted by atomic mass is 19.1. The first-order valence-electron chi connectivity index (χ1n) is 9.67. The number of ketones is 1. The number of ether oxygens (including phenoxy) is 1. The number of benzene rings is 1. The third kappa shape index (κ3) is 3.87. The molecule has 0 unspecified atom stereocenters. The summed E-state index contributed by atoms with van der Waals surface area (Å²) in [5.41, 5.74) is 1.25. The lowest BCUT2D eigenvalue weighted by molar-refractivity contribution is 0.0918. The highest BCUT2D eigenvalue weighted by Crippen LogP contribution is 2.39. The Hall–Kier alpha value is -2.80. The van der Waals surface area contributed by atoms with Crippen LogP contribution in [0.2, 0.25) is 0 Å². The predicted molar refractivity (Wildman–Crippen MR) is 103 cm³/mol. The number of nitrogens with zero attached hydrogens (tertiary/aromatic N) is 2. The number of Topliss-reactive ketones (excluding diaryl/α,β-unsaturated/α-hetero) is 1. The molecule has 1 aliphatic carbocycles. The van der Waals surface area contributed by atoms with Crippen molar-refractivity contribution in [3.05, 3.63) is 65.1 Å². The number of aromatic nitrogens is 2. The Morgan fingerprint density at radius 3 is 2.66 bits per heavy atom. The van der Waals surface area contributed by atoms with Gasteiger partial charge in [0.25, 0.3) is 0 Å². The fraction of sp³-hybridized carbons (Fsp3) is 0.364. The fourth-order valence-electron chi connectivity index (χ4n) is 3.71. The van der Waals surface area contributed by atoms with Gasteiger partial charge in [0, 0.05) is 19.2 Å². The summed E-state index contributed by atoms with van der Waals surface area (Å²) < 4.78 is 35.0. The Morgan fingerprint density at radius 2 is 2.00 bits per heavy atom. The average Bonchev–Trinajstić information content (AvgIpc) is 3.47. The van der Waals surface area contributed by atoms with Gasteiger partial charge in [-0.1, -0.05) is 6.07 Å². The molecule has 7 heteroatoms. The summed E-state index contributed by atoms with van der Waals surface area (Å²) in [5, 5.41) is 9.58. The maximum absolute atomic E-state index is 13.9. The number of imidazole rings is 1. The minimum absolute atomic E-state index is 0.00520. The van der Waals surface area contributed by atoms with Gasteiger partial charge in [-0.25, -0.2) is 13.8 Å². The summed E-state index contributed by atoms with van der Waals surface area (Å²) in [6, 6.07) is 7.00. The van der Waals surface area contributed by atoms with Crippen molar-refractivity contribution in [1.82, 2.24) is 9.38 Å². The number of pyridine rings is 1. The van der Waals surface area contributed by atoms with Crippen molar-refractivity contribution in [3.63, 3.8) is 0 Å². The Morgan fingerprint density at radius 1 is 1.28 bits per heavy atom. The van der Waals surface area contributed by atoms with E-state index in [4.69, 9.17) is 4.74 Å². The monoisotopic (exact) mass is 400 g/mol. The fourth-order valence-corrected chi connectivity index (χ4v) is 3.71. The summed E-state index contributed by atoms with van der Waals surface area (Å²) in [7, 11) is 0. The highest BCUT2D eigenvalue weighted by Gasteiger charge is 2.33. The molecule has 152 valence electrons. The van der Waals surface area contributed by atoms with E-state index in [9.17, 15) is 18.7 Å². The van der Waals surface area contributed by atoms with Crippen molar-refractivity contribution in [2.75, 3.05) is 6.61 Å². The van der Waals surface area contributed by atoms with E-state index >= 15 is 0 Å². The summed E-state index contributed by atoms with van der Waals surface area (Å²) in [5.74, 6) is -0.727. The van der Waals surface area contributed by atoms with Gasteiger partial charge in [-0.3, -0.25) is 9.20 Å². The molecule has 0 aliphatic heterocycles. The van der Waals surface area contributed by atoms with E-state index in [-0.39, 0.29) is 36.9 Å². The van der Waals surface area contributed by atoms with Crippen LogP contribution in [0.3, 0.4) is 0 Å². The van der Waals surface area contributed by atoms with Crippen LogP contribution in [0.5, 0.6) is 5.75 Å². The summed E-state index contributed by atoms with van der Waals surface area (Å²) in [6.45, 7) is 1.45. The largest absolute Gasteiger partial charge is 0.485 e. The predicted octanol–water partition coefficient (Wildman–Crippen LogP) is 4.09. The van der Waals surface area contributed by atoms with E-state index in [2.05, 4.69) is 4.98 Å². The second-order valence-corrected chi connectivity index (χ2v) is 7.51. The second-order valence-electron chi connectivity index (χ2n) is 7.51. The van der Waals surface area contributed by atoms with Gasteiger partial charge < -0.3 is 9.84 Å². The van der Waals surface area contributed by atoms with Gasteiger partial charge in [0.05, 0.1) is 11.3 Å². The SMILES string of the molecule is Cc1nc2c(OCc3c(F)cccc3F)cccn2c1C(=O)C[C@@H](CO)C1CC1. The van der Waals surface area contributed by atoms with Gasteiger partial charge in [0.15, 0.2) is 17.2 Å². The molecule has 1 aliphatic rings. The van der Waals surface area contributed by atoms with Gasteiger partial charge in [-0.15, -0.1) is 0 Å². The smallest absolute Gasteiger partial charge is 0.181 e. The number of hydrogen-bond donors (Lipinski definition) is 1. The summed E-state index contributed by atoms with van der Waals surface area (Å²) in [6.07, 6.45) is 4.08. The number of rotatable bonds is 8. The zero-order valence-electron chi connectivity index (χ0n) is 16.1. The zero-order chi connectivity index (χ0) is 20.5. The van der Waals surface area contributed by atoms with E-state index in [1.807, 2.05) is 0 Å². The first kappa shape index (κ1) is 19.5. The normalized spacial score (nSPS) is 14.9. The van der Waals surface area contributed by atoms with E-state index in [0.717, 1.165) is 12.8 Å². The van der Waals surface area contributed by atoms with Crippen LogP contribution in [0.4, 0.5) is 8.78 Å². The number of aryl methyl sites for hydroxylation is 1. The zero-order valence-corrected chi connectivity index (χ0v) is 16.1. The lowest BCUT2D eigenvalue weighted by Crippen LogP contribution is -2.16. The molecular formula is C22H22F2N2O3. The maximum Gasteiger partial charge on any atom is 0.181 e. The van der Waals surface area contributed by atoms with Crippen molar-refractivity contribution in [2.45, 2.75) is 32.8 Å². The van der Waals surface area contributed by atoms with Crippen molar-refractivity contribution >= 4 is 11.4 Å². The minimum atomic E-state index is -0.678. The molecule has 1 fully saturated rings. The van der Waals surface area contributed by atoms with E-state index in [1.165, 1.54) is 18.2 Å². The highest BCUT2D eigenvalue weighted by molar-refractivity contribution is 5.97. The standard InChI is InChI=1S/C22H22F2N2O3/c1-13-21(19(28)10-15(11-27)14-7-8-14)26-9-3-6-20(22(26)25-13)29-12-16-17(23)4-2-5-18(16)24/h2-6,9,14-15,27H,7-8,10-12H2,1H3/t15-/m0/s1. The molecule has 1 saturated carbocycles. The molecule has 1 N–H and O–H groups in total. The Balaban J connectivity index is 1.61. The quantitative estimate of drug-likeness (QED) is 0.579. The van der Waals surface area contributed by atoms with Gasteiger partial charge in [-0.2, -0.15) is 0 Å². The van der Waals surface area contributed by atoms with Gasteiger partial charge in [-0.05, 0) is 55.9 Å². The van der Waals surface area contributed by atoms with Crippen molar-refractivity contribution in [2.24, 2.45) is 11.8 Å². The molecule has 0 radical (unpaired) electrons. The Bertz CT molecular complexity index is 1040. The number of carbonyl (C=O) groups is 1. The first-order chi connectivity index (χ1) is 14.0. The molecule has 0 saturated heterocycles. The Kier molecular flexibility index (Phi) is 5.32. The average molecular weight is 400 g/mol. The van der Waals surface area contributed by atoms with Crippen LogP contribution in [0.25, 0.3) is 5.65 Å². The number of fused-ring (bicyclic) bond motifs is 1. The van der Waals surface area contributed by atoms with Crippen molar-refractivity contribution < 1.29 is 23.4 Å². The topological polar surface area (TPSA) is 63.8 Å². The van der Waals surface area contributed by atoms with Crippen LogP contribution < -0.4 is 4.74 Å². The number of hydrogen-bond acceptors (Lipinski definition) is 4. The molecule has 0 amide bonds. The molecule has 1 atom stereocenters. The lowest BCUT2D eigenvalue weighted by Gasteiger charge is -2.12. The lowest BCUT2D eigenvalue weighted by atomic mass is 9.96. The molecule has 1 aromatic carbocycles. The molecule has 5 nitrogen and oxygen atoms in total.